The zero-order valence-electron chi connectivity index (χ0n) is 19.7. The molecule has 35 heavy (non-hydrogen) atoms. The topological polar surface area (TPSA) is 113 Å². The van der Waals surface area contributed by atoms with Gasteiger partial charge in [0.15, 0.2) is 23.0 Å². The van der Waals surface area contributed by atoms with Crippen molar-refractivity contribution >= 4 is 17.6 Å². The lowest BCUT2D eigenvalue weighted by atomic mass is 10.1. The molecule has 10 nitrogen and oxygen atoms in total. The maximum Gasteiger partial charge on any atom is 0.258 e. The van der Waals surface area contributed by atoms with Gasteiger partial charge < -0.3 is 29.0 Å². The van der Waals surface area contributed by atoms with Crippen LogP contribution in [0.1, 0.15) is 15.9 Å². The van der Waals surface area contributed by atoms with Crippen LogP contribution in [0.3, 0.4) is 0 Å². The van der Waals surface area contributed by atoms with Gasteiger partial charge in [-0.1, -0.05) is 6.07 Å². The number of amides is 1. The van der Waals surface area contributed by atoms with Crippen LogP contribution in [0.15, 0.2) is 59.9 Å². The van der Waals surface area contributed by atoms with Gasteiger partial charge in [0.25, 0.3) is 5.91 Å². The van der Waals surface area contributed by atoms with Crippen LogP contribution in [0.2, 0.25) is 0 Å². The SMILES string of the molecule is COc1cc(C(=O)NC(=NCc2cccnc2)Nc2ccc3c(c2)OCCO3)cc(OC)c1OC. The lowest BCUT2D eigenvalue weighted by Crippen LogP contribution is -2.36. The number of rotatable bonds is 7. The smallest absolute Gasteiger partial charge is 0.258 e. The second-order valence-electron chi connectivity index (χ2n) is 7.38. The molecule has 0 radical (unpaired) electrons. The Morgan fingerprint density at radius 2 is 1.74 bits per heavy atom. The van der Waals surface area contributed by atoms with Crippen LogP contribution in [-0.2, 0) is 6.54 Å². The number of carbonyl (C=O) groups excluding carboxylic acids is 1. The Hall–Kier alpha value is -4.47. The number of hydrogen-bond acceptors (Lipinski definition) is 8. The van der Waals surface area contributed by atoms with E-state index >= 15 is 0 Å². The molecule has 4 rings (SSSR count). The van der Waals surface area contributed by atoms with E-state index in [0.29, 0.717) is 59.8 Å². The van der Waals surface area contributed by atoms with Crippen molar-refractivity contribution in [3.05, 3.63) is 66.0 Å². The Morgan fingerprint density at radius 1 is 1.00 bits per heavy atom. The monoisotopic (exact) mass is 478 g/mol. The van der Waals surface area contributed by atoms with Gasteiger partial charge in [-0.2, -0.15) is 0 Å². The van der Waals surface area contributed by atoms with E-state index in [2.05, 4.69) is 20.6 Å². The van der Waals surface area contributed by atoms with Crippen LogP contribution in [-0.4, -0.2) is 51.4 Å². The average molecular weight is 479 g/mol. The first-order chi connectivity index (χ1) is 17.1. The lowest BCUT2D eigenvalue weighted by molar-refractivity contribution is 0.0976. The quantitative estimate of drug-likeness (QED) is 0.393. The molecular formula is C25H26N4O6. The highest BCUT2D eigenvalue weighted by molar-refractivity contribution is 6.10. The number of fused-ring (bicyclic) bond motifs is 1. The van der Waals surface area contributed by atoms with Crippen LogP contribution in [0.25, 0.3) is 0 Å². The van der Waals surface area contributed by atoms with E-state index in [1.54, 1.807) is 36.7 Å². The Kier molecular flexibility index (Phi) is 7.51. The predicted octanol–water partition coefficient (Wildman–Crippen LogP) is 3.28. The van der Waals surface area contributed by atoms with E-state index in [1.165, 1.54) is 21.3 Å². The van der Waals surface area contributed by atoms with Crippen LogP contribution in [0.4, 0.5) is 5.69 Å². The maximum absolute atomic E-state index is 13.2. The molecule has 2 N–H and O–H groups in total. The molecule has 0 unspecified atom stereocenters. The van der Waals surface area contributed by atoms with Crippen molar-refractivity contribution in [2.75, 3.05) is 39.9 Å². The van der Waals surface area contributed by atoms with Crippen LogP contribution < -0.4 is 34.3 Å². The summed E-state index contributed by atoms with van der Waals surface area (Å²) in [5, 5.41) is 5.98. The van der Waals surface area contributed by atoms with Gasteiger partial charge in [0.2, 0.25) is 11.7 Å². The molecule has 0 spiro atoms. The fraction of sp³-hybridized carbons (Fsp3) is 0.240. The number of benzene rings is 2. The highest BCUT2D eigenvalue weighted by atomic mass is 16.6. The Balaban J connectivity index is 1.60. The molecular weight excluding hydrogens is 452 g/mol. The Bertz CT molecular complexity index is 1190. The minimum Gasteiger partial charge on any atom is -0.493 e. The average Bonchev–Trinajstić information content (AvgIpc) is 2.91. The summed E-state index contributed by atoms with van der Waals surface area (Å²) >= 11 is 0. The third-order valence-corrected chi connectivity index (χ3v) is 5.11. The number of carbonyl (C=O) groups is 1. The molecule has 2 heterocycles. The molecule has 1 aromatic heterocycles. The molecule has 0 fully saturated rings. The molecule has 0 saturated heterocycles. The van der Waals surface area contributed by atoms with E-state index in [9.17, 15) is 4.79 Å². The number of nitrogens with one attached hydrogen (secondary N) is 2. The first-order valence-corrected chi connectivity index (χ1v) is 10.8. The summed E-state index contributed by atoms with van der Waals surface area (Å²) < 4.78 is 27.3. The fourth-order valence-electron chi connectivity index (χ4n) is 3.42. The number of nitrogens with zero attached hydrogens (tertiary/aromatic N) is 2. The van der Waals surface area contributed by atoms with Crippen molar-refractivity contribution in [3.8, 4) is 28.7 Å². The summed E-state index contributed by atoms with van der Waals surface area (Å²) in [5.41, 5.74) is 1.86. The summed E-state index contributed by atoms with van der Waals surface area (Å²) in [4.78, 5) is 21.9. The van der Waals surface area contributed by atoms with E-state index in [0.717, 1.165) is 5.56 Å². The summed E-state index contributed by atoms with van der Waals surface area (Å²) in [6, 6.07) is 12.3. The first-order valence-electron chi connectivity index (χ1n) is 10.8. The molecule has 0 aliphatic carbocycles. The van der Waals surface area contributed by atoms with Crippen molar-refractivity contribution < 1.29 is 28.5 Å². The van der Waals surface area contributed by atoms with Gasteiger partial charge in [0.05, 0.1) is 27.9 Å². The van der Waals surface area contributed by atoms with Gasteiger partial charge in [-0.3, -0.25) is 15.1 Å². The van der Waals surface area contributed by atoms with Gasteiger partial charge in [-0.05, 0) is 35.9 Å². The molecule has 1 aliphatic heterocycles. The highest BCUT2D eigenvalue weighted by Crippen LogP contribution is 2.38. The van der Waals surface area contributed by atoms with Crippen LogP contribution in [0.5, 0.6) is 28.7 Å². The first kappa shape index (κ1) is 23.7. The van der Waals surface area contributed by atoms with Gasteiger partial charge >= 0.3 is 0 Å². The van der Waals surface area contributed by atoms with Crippen LogP contribution >= 0.6 is 0 Å². The molecule has 1 amide bonds. The minimum absolute atomic E-state index is 0.240. The number of aromatic nitrogens is 1. The normalized spacial score (nSPS) is 12.5. The number of guanidine groups is 1. The van der Waals surface area contributed by atoms with Crippen molar-refractivity contribution in [2.45, 2.75) is 6.54 Å². The second kappa shape index (κ2) is 11.1. The second-order valence-corrected chi connectivity index (χ2v) is 7.38. The summed E-state index contributed by atoms with van der Waals surface area (Å²) in [7, 11) is 4.48. The molecule has 3 aromatic rings. The van der Waals surface area contributed by atoms with Crippen molar-refractivity contribution in [1.29, 1.82) is 0 Å². The highest BCUT2D eigenvalue weighted by Gasteiger charge is 2.19. The molecule has 0 atom stereocenters. The number of aliphatic imine (C=N–C) groups is 1. The summed E-state index contributed by atoms with van der Waals surface area (Å²) in [5.74, 6) is 2.23. The molecule has 1 aliphatic rings. The zero-order chi connectivity index (χ0) is 24.6. The maximum atomic E-state index is 13.2. The zero-order valence-corrected chi connectivity index (χ0v) is 19.7. The number of methoxy groups -OCH3 is 3. The molecule has 0 saturated carbocycles. The van der Waals surface area contributed by atoms with E-state index in [4.69, 9.17) is 23.7 Å². The van der Waals surface area contributed by atoms with Gasteiger partial charge in [0.1, 0.15) is 13.2 Å². The van der Waals surface area contributed by atoms with Gasteiger partial charge in [-0.25, -0.2) is 4.99 Å². The fourth-order valence-corrected chi connectivity index (χ4v) is 3.42. The van der Waals surface area contributed by atoms with E-state index < -0.39 is 5.91 Å². The third kappa shape index (κ3) is 5.72. The summed E-state index contributed by atoms with van der Waals surface area (Å²) in [6.07, 6.45) is 3.40. The Labute approximate surface area is 202 Å². The van der Waals surface area contributed by atoms with Gasteiger partial charge in [-0.15, -0.1) is 0 Å². The summed E-state index contributed by atoms with van der Waals surface area (Å²) in [6.45, 7) is 1.27. The van der Waals surface area contributed by atoms with E-state index in [-0.39, 0.29) is 5.96 Å². The molecule has 0 bridgehead atoms. The molecule has 2 aromatic carbocycles. The molecule has 182 valence electrons. The van der Waals surface area contributed by atoms with Gasteiger partial charge in [0, 0.05) is 29.7 Å². The van der Waals surface area contributed by atoms with E-state index in [1.807, 2.05) is 18.2 Å². The standard InChI is InChI=1S/C25H26N4O6/c1-31-21-11-17(12-22(32-2)23(21)33-3)24(30)29-25(27-15-16-5-4-8-26-14-16)28-18-6-7-19-20(13-18)35-10-9-34-19/h4-8,11-14H,9-10,15H2,1-3H3,(H2,27,28,29,30). The number of hydrogen-bond donors (Lipinski definition) is 2. The number of ether oxygens (including phenoxy) is 5. The predicted molar refractivity (Wildman–Crippen MR) is 130 cm³/mol. The largest absolute Gasteiger partial charge is 0.493 e. The van der Waals surface area contributed by atoms with Crippen molar-refractivity contribution in [3.63, 3.8) is 0 Å². The Morgan fingerprint density at radius 3 is 2.40 bits per heavy atom. The van der Waals surface area contributed by atoms with Crippen LogP contribution in [0, 0.1) is 0 Å². The number of pyridine rings is 1. The number of anilines is 1. The third-order valence-electron chi connectivity index (χ3n) is 5.11. The minimum atomic E-state index is -0.417. The lowest BCUT2D eigenvalue weighted by Gasteiger charge is -2.19. The van der Waals surface area contributed by atoms with Crippen molar-refractivity contribution in [2.24, 2.45) is 4.99 Å². The molecule has 10 heteroatoms. The van der Waals surface area contributed by atoms with Crippen molar-refractivity contribution in [1.82, 2.24) is 10.3 Å².